The topological polar surface area (TPSA) is 44.8 Å². The highest BCUT2D eigenvalue weighted by molar-refractivity contribution is 7.98. The Labute approximate surface area is 131 Å². The van der Waals surface area contributed by atoms with Gasteiger partial charge in [0, 0.05) is 24.7 Å². The fourth-order valence-electron chi connectivity index (χ4n) is 2.51. The fraction of sp³-hybridized carbons (Fsp3) is 0.333. The summed E-state index contributed by atoms with van der Waals surface area (Å²) in [6, 6.07) is 6.36. The average molecular weight is 316 g/mol. The van der Waals surface area contributed by atoms with Crippen LogP contribution in [0.3, 0.4) is 0 Å². The van der Waals surface area contributed by atoms with Gasteiger partial charge in [0.2, 0.25) is 0 Å². The SMILES string of the molecule is CN(C)c1ccc2[nH]c(-c3cc4c(s3)CCSC4)nc2n1. The number of rotatable bonds is 2. The van der Waals surface area contributed by atoms with Crippen LogP contribution in [-0.4, -0.2) is 34.8 Å². The molecule has 3 aromatic heterocycles. The second kappa shape index (κ2) is 5.03. The molecule has 0 aromatic carbocycles. The summed E-state index contributed by atoms with van der Waals surface area (Å²) in [4.78, 5) is 17.4. The normalized spacial score (nSPS) is 14.4. The lowest BCUT2D eigenvalue weighted by Crippen LogP contribution is -2.10. The number of imidazole rings is 1. The third kappa shape index (κ3) is 2.32. The minimum Gasteiger partial charge on any atom is -0.363 e. The van der Waals surface area contributed by atoms with Crippen LogP contribution in [0, 0.1) is 0 Å². The maximum atomic E-state index is 4.68. The number of hydrogen-bond acceptors (Lipinski definition) is 5. The van der Waals surface area contributed by atoms with Crippen molar-refractivity contribution in [1.82, 2.24) is 15.0 Å². The lowest BCUT2D eigenvalue weighted by molar-refractivity contribution is 1.08. The molecular formula is C15H16N4S2. The van der Waals surface area contributed by atoms with Crippen LogP contribution in [-0.2, 0) is 12.2 Å². The van der Waals surface area contributed by atoms with Gasteiger partial charge in [-0.05, 0) is 35.9 Å². The summed E-state index contributed by atoms with van der Waals surface area (Å²) in [5.74, 6) is 4.25. The number of H-pyrrole nitrogens is 1. The van der Waals surface area contributed by atoms with Crippen molar-refractivity contribution in [2.24, 2.45) is 0 Å². The van der Waals surface area contributed by atoms with Gasteiger partial charge in [-0.1, -0.05) is 0 Å². The maximum absolute atomic E-state index is 4.68. The molecule has 0 fully saturated rings. The molecular weight excluding hydrogens is 300 g/mol. The molecule has 0 spiro atoms. The third-order valence-electron chi connectivity index (χ3n) is 3.65. The fourth-order valence-corrected chi connectivity index (χ4v) is 4.83. The summed E-state index contributed by atoms with van der Waals surface area (Å²) in [6.45, 7) is 0. The van der Waals surface area contributed by atoms with Gasteiger partial charge in [0.1, 0.15) is 5.82 Å². The molecule has 6 heteroatoms. The van der Waals surface area contributed by atoms with Gasteiger partial charge in [0.25, 0.3) is 0 Å². The van der Waals surface area contributed by atoms with Gasteiger partial charge in [0.15, 0.2) is 11.5 Å². The molecule has 0 saturated carbocycles. The number of aryl methyl sites for hydroxylation is 1. The van der Waals surface area contributed by atoms with E-state index in [0.29, 0.717) is 0 Å². The summed E-state index contributed by atoms with van der Waals surface area (Å²) in [5.41, 5.74) is 3.27. The van der Waals surface area contributed by atoms with Crippen molar-refractivity contribution < 1.29 is 0 Å². The number of aromatic amines is 1. The van der Waals surface area contributed by atoms with E-state index in [1.165, 1.54) is 27.5 Å². The second-order valence-electron chi connectivity index (χ2n) is 5.38. The number of thioether (sulfide) groups is 1. The Balaban J connectivity index is 1.77. The predicted molar refractivity (Wildman–Crippen MR) is 91.4 cm³/mol. The highest BCUT2D eigenvalue weighted by Gasteiger charge is 2.16. The second-order valence-corrected chi connectivity index (χ2v) is 7.62. The van der Waals surface area contributed by atoms with Gasteiger partial charge in [-0.25, -0.2) is 9.97 Å². The van der Waals surface area contributed by atoms with Gasteiger partial charge in [-0.3, -0.25) is 0 Å². The average Bonchev–Trinajstić information content (AvgIpc) is 3.09. The Morgan fingerprint density at radius 2 is 2.14 bits per heavy atom. The van der Waals surface area contributed by atoms with Crippen molar-refractivity contribution >= 4 is 40.1 Å². The van der Waals surface area contributed by atoms with Crippen LogP contribution in [0.15, 0.2) is 18.2 Å². The molecule has 0 atom stereocenters. The van der Waals surface area contributed by atoms with E-state index < -0.39 is 0 Å². The van der Waals surface area contributed by atoms with Crippen LogP contribution < -0.4 is 4.90 Å². The Morgan fingerprint density at radius 3 is 2.95 bits per heavy atom. The summed E-state index contributed by atoms with van der Waals surface area (Å²) in [7, 11) is 3.99. The molecule has 1 aliphatic heterocycles. The molecule has 108 valence electrons. The van der Waals surface area contributed by atoms with E-state index in [9.17, 15) is 0 Å². The van der Waals surface area contributed by atoms with Crippen molar-refractivity contribution in [3.05, 3.63) is 28.6 Å². The number of pyridine rings is 1. The Bertz CT molecular complexity index is 780. The Kier molecular flexibility index (Phi) is 3.15. The van der Waals surface area contributed by atoms with Crippen LogP contribution >= 0.6 is 23.1 Å². The van der Waals surface area contributed by atoms with E-state index in [2.05, 4.69) is 27.1 Å². The van der Waals surface area contributed by atoms with Crippen LogP contribution in [0.25, 0.3) is 21.9 Å². The molecule has 0 bridgehead atoms. The minimum absolute atomic E-state index is 0.789. The van der Waals surface area contributed by atoms with E-state index in [-0.39, 0.29) is 0 Å². The van der Waals surface area contributed by atoms with Gasteiger partial charge in [-0.15, -0.1) is 11.3 Å². The van der Waals surface area contributed by atoms with Crippen LogP contribution in [0.4, 0.5) is 5.82 Å². The van der Waals surface area contributed by atoms with Crippen molar-refractivity contribution in [2.45, 2.75) is 12.2 Å². The third-order valence-corrected chi connectivity index (χ3v) is 5.90. The van der Waals surface area contributed by atoms with E-state index in [1.54, 1.807) is 0 Å². The summed E-state index contributed by atoms with van der Waals surface area (Å²) in [5, 5.41) is 0. The lowest BCUT2D eigenvalue weighted by atomic mass is 10.2. The summed E-state index contributed by atoms with van der Waals surface area (Å²) in [6.07, 6.45) is 1.19. The van der Waals surface area contributed by atoms with Crippen LogP contribution in [0.5, 0.6) is 0 Å². The van der Waals surface area contributed by atoms with Gasteiger partial charge < -0.3 is 9.88 Å². The molecule has 1 aliphatic rings. The molecule has 4 heterocycles. The molecule has 0 unspecified atom stereocenters. The first kappa shape index (κ1) is 13.2. The van der Waals surface area contributed by atoms with Crippen molar-refractivity contribution in [3.8, 4) is 10.7 Å². The van der Waals surface area contributed by atoms with E-state index in [0.717, 1.165) is 28.6 Å². The molecule has 3 aromatic rings. The first-order chi connectivity index (χ1) is 10.2. The van der Waals surface area contributed by atoms with Gasteiger partial charge in [-0.2, -0.15) is 11.8 Å². The standard InChI is InChI=1S/C15H16N4S2/c1-19(2)13-4-3-10-14(17-13)18-15(16-10)12-7-9-8-20-6-5-11(9)21-12/h3-4,7H,5-6,8H2,1-2H3,(H,16,17,18). The number of fused-ring (bicyclic) bond motifs is 2. The minimum atomic E-state index is 0.789. The number of thiophene rings is 1. The zero-order valence-corrected chi connectivity index (χ0v) is 13.6. The van der Waals surface area contributed by atoms with E-state index >= 15 is 0 Å². The summed E-state index contributed by atoms with van der Waals surface area (Å²) >= 11 is 3.88. The largest absolute Gasteiger partial charge is 0.363 e. The molecule has 4 nitrogen and oxygen atoms in total. The van der Waals surface area contributed by atoms with Crippen molar-refractivity contribution in [2.75, 3.05) is 24.7 Å². The number of nitrogens with one attached hydrogen (secondary N) is 1. The Hall–Kier alpha value is -1.53. The number of nitrogens with zero attached hydrogens (tertiary/aromatic N) is 3. The van der Waals surface area contributed by atoms with Crippen molar-refractivity contribution in [3.63, 3.8) is 0 Å². The molecule has 21 heavy (non-hydrogen) atoms. The molecule has 0 amide bonds. The highest BCUT2D eigenvalue weighted by atomic mass is 32.2. The summed E-state index contributed by atoms with van der Waals surface area (Å²) < 4.78 is 0. The molecule has 0 aliphatic carbocycles. The van der Waals surface area contributed by atoms with Gasteiger partial charge in [0.05, 0.1) is 10.4 Å². The van der Waals surface area contributed by atoms with Gasteiger partial charge >= 0.3 is 0 Å². The quantitative estimate of drug-likeness (QED) is 0.785. The molecule has 1 N–H and O–H groups in total. The first-order valence-corrected chi connectivity index (χ1v) is 8.91. The van der Waals surface area contributed by atoms with Crippen molar-refractivity contribution in [1.29, 1.82) is 0 Å². The first-order valence-electron chi connectivity index (χ1n) is 6.94. The van der Waals surface area contributed by atoms with Crippen LogP contribution in [0.1, 0.15) is 10.4 Å². The molecule has 4 rings (SSSR count). The number of hydrogen-bond donors (Lipinski definition) is 1. The monoisotopic (exact) mass is 316 g/mol. The van der Waals surface area contributed by atoms with Crippen LogP contribution in [0.2, 0.25) is 0 Å². The zero-order valence-electron chi connectivity index (χ0n) is 12.0. The van der Waals surface area contributed by atoms with E-state index in [1.807, 2.05) is 48.2 Å². The highest BCUT2D eigenvalue weighted by Crippen LogP contribution is 2.36. The Morgan fingerprint density at radius 1 is 1.24 bits per heavy atom. The number of aromatic nitrogens is 3. The molecule has 0 radical (unpaired) electrons. The smallest absolute Gasteiger partial charge is 0.180 e. The predicted octanol–water partition coefficient (Wildman–Crippen LogP) is 3.54. The lowest BCUT2D eigenvalue weighted by Gasteiger charge is -2.09. The maximum Gasteiger partial charge on any atom is 0.180 e. The van der Waals surface area contributed by atoms with E-state index in [4.69, 9.17) is 0 Å². The molecule has 0 saturated heterocycles. The number of anilines is 1. The zero-order chi connectivity index (χ0) is 14.4.